The number of nitrogens with zero attached hydrogens (tertiary/aromatic N) is 1. The Morgan fingerprint density at radius 3 is 2.16 bits per heavy atom. The number of nitrogens with one attached hydrogen (secondary N) is 3. The maximum atomic E-state index is 13.3. The molecule has 1 atom stereocenters. The van der Waals surface area contributed by atoms with Gasteiger partial charge in [0.2, 0.25) is 5.91 Å². The smallest absolute Gasteiger partial charge is 0.335 e. The highest BCUT2D eigenvalue weighted by atomic mass is 32.2. The number of benzene rings is 4. The summed E-state index contributed by atoms with van der Waals surface area (Å²) < 4.78 is 0. The molecule has 0 aliphatic carbocycles. The number of anilines is 2. The normalized spacial score (nSPS) is 11.6. The quantitative estimate of drug-likeness (QED) is 0.0713. The van der Waals surface area contributed by atoms with E-state index >= 15 is 0 Å². The molecule has 4 N–H and O–H groups in total. The molecule has 222 valence electrons. The van der Waals surface area contributed by atoms with Gasteiger partial charge in [-0.25, -0.2) is 4.79 Å². The number of thioether (sulfide) groups is 1. The molecule has 0 heterocycles. The van der Waals surface area contributed by atoms with Gasteiger partial charge >= 0.3 is 5.97 Å². The summed E-state index contributed by atoms with van der Waals surface area (Å²) in [4.78, 5) is 61.7. The Morgan fingerprint density at radius 1 is 0.818 bits per heavy atom. The SMILES string of the molecule is CC(Sc1ccc(NC(=O)/C(=C/c2ccccc2[N+](=O)[O-])NC(=O)c2ccccc2)cc1)C(=O)Nc1cccc(C(=O)O)c1. The van der Waals surface area contributed by atoms with Crippen LogP contribution >= 0.6 is 11.8 Å². The number of rotatable bonds is 11. The summed E-state index contributed by atoms with van der Waals surface area (Å²) in [5.74, 6) is -2.70. The van der Waals surface area contributed by atoms with Gasteiger partial charge in [0.25, 0.3) is 17.5 Å². The number of para-hydroxylation sites is 1. The molecule has 4 rings (SSSR count). The van der Waals surface area contributed by atoms with E-state index in [1.54, 1.807) is 79.7 Å². The number of aromatic carboxylic acids is 1. The molecular formula is C32H26N4O7S. The van der Waals surface area contributed by atoms with Crippen molar-refractivity contribution >= 4 is 58.6 Å². The van der Waals surface area contributed by atoms with Gasteiger partial charge in [-0.1, -0.05) is 36.4 Å². The van der Waals surface area contributed by atoms with Crippen molar-refractivity contribution in [2.24, 2.45) is 0 Å². The summed E-state index contributed by atoms with van der Waals surface area (Å²) in [5.41, 5.74) is 0.784. The van der Waals surface area contributed by atoms with Crippen molar-refractivity contribution in [3.63, 3.8) is 0 Å². The first-order valence-corrected chi connectivity index (χ1v) is 14.0. The Morgan fingerprint density at radius 2 is 1.48 bits per heavy atom. The second-order valence-corrected chi connectivity index (χ2v) is 10.7. The van der Waals surface area contributed by atoms with E-state index in [1.165, 1.54) is 48.2 Å². The van der Waals surface area contributed by atoms with Gasteiger partial charge in [0, 0.05) is 27.9 Å². The summed E-state index contributed by atoms with van der Waals surface area (Å²) >= 11 is 1.25. The van der Waals surface area contributed by atoms with Gasteiger partial charge in [-0.15, -0.1) is 11.8 Å². The van der Waals surface area contributed by atoms with Gasteiger partial charge in [-0.2, -0.15) is 0 Å². The lowest BCUT2D eigenvalue weighted by atomic mass is 10.1. The third kappa shape index (κ3) is 8.39. The van der Waals surface area contributed by atoms with Crippen molar-refractivity contribution < 1.29 is 29.2 Å². The van der Waals surface area contributed by atoms with E-state index < -0.39 is 28.0 Å². The number of nitro benzene ring substituents is 1. The Labute approximate surface area is 256 Å². The molecule has 4 aromatic carbocycles. The number of carboxylic acid groups (broad SMARTS) is 1. The molecule has 4 aromatic rings. The van der Waals surface area contributed by atoms with E-state index in [4.69, 9.17) is 5.11 Å². The summed E-state index contributed by atoms with van der Waals surface area (Å²) in [6, 6.07) is 26.6. The molecule has 44 heavy (non-hydrogen) atoms. The molecular weight excluding hydrogens is 584 g/mol. The number of hydrogen-bond donors (Lipinski definition) is 4. The van der Waals surface area contributed by atoms with Crippen LogP contribution < -0.4 is 16.0 Å². The zero-order chi connectivity index (χ0) is 31.6. The fraction of sp³-hybridized carbons (Fsp3) is 0.0625. The largest absolute Gasteiger partial charge is 0.478 e. The van der Waals surface area contributed by atoms with Gasteiger partial charge < -0.3 is 21.1 Å². The standard InChI is InChI=1S/C32H26N4O7S/c1-20(29(37)34-25-12-7-11-23(18-25)32(40)41)44-26-16-14-24(15-17-26)33-31(39)27(35-30(38)21-8-3-2-4-9-21)19-22-10-5-6-13-28(22)36(42)43/h2-20H,1H3,(H,33,39)(H,34,37)(H,35,38)(H,40,41)/b27-19-. The van der Waals surface area contributed by atoms with Gasteiger partial charge in [0.15, 0.2) is 0 Å². The molecule has 0 bridgehead atoms. The number of hydrogen-bond acceptors (Lipinski definition) is 7. The van der Waals surface area contributed by atoms with Gasteiger partial charge in [-0.05, 0) is 73.7 Å². The summed E-state index contributed by atoms with van der Waals surface area (Å²) in [5, 5.41) is 28.1. The van der Waals surface area contributed by atoms with Crippen LogP contribution in [0.5, 0.6) is 0 Å². The van der Waals surface area contributed by atoms with Crippen LogP contribution in [0.2, 0.25) is 0 Å². The van der Waals surface area contributed by atoms with E-state index in [2.05, 4.69) is 16.0 Å². The molecule has 11 nitrogen and oxygen atoms in total. The van der Waals surface area contributed by atoms with Crippen molar-refractivity contribution in [1.82, 2.24) is 5.32 Å². The van der Waals surface area contributed by atoms with E-state index in [1.807, 2.05) is 0 Å². The van der Waals surface area contributed by atoms with Crippen LogP contribution in [0.1, 0.15) is 33.2 Å². The van der Waals surface area contributed by atoms with Crippen LogP contribution in [0, 0.1) is 10.1 Å². The van der Waals surface area contributed by atoms with Crippen molar-refractivity contribution in [1.29, 1.82) is 0 Å². The van der Waals surface area contributed by atoms with E-state index in [-0.39, 0.29) is 28.4 Å². The molecule has 0 fully saturated rings. The van der Waals surface area contributed by atoms with Crippen LogP contribution in [0.3, 0.4) is 0 Å². The summed E-state index contributed by atoms with van der Waals surface area (Å²) in [6.45, 7) is 1.70. The average molecular weight is 611 g/mol. The first-order chi connectivity index (χ1) is 21.1. The topological polar surface area (TPSA) is 168 Å². The van der Waals surface area contributed by atoms with E-state index in [0.717, 1.165) is 4.90 Å². The predicted octanol–water partition coefficient (Wildman–Crippen LogP) is 5.82. The number of carboxylic acids is 1. The lowest BCUT2D eigenvalue weighted by Gasteiger charge is -2.14. The molecule has 0 spiro atoms. The van der Waals surface area contributed by atoms with Crippen LogP contribution in [-0.2, 0) is 9.59 Å². The third-order valence-corrected chi connectivity index (χ3v) is 7.25. The summed E-state index contributed by atoms with van der Waals surface area (Å²) in [6.07, 6.45) is 1.24. The number of amides is 3. The number of carbonyl (C=O) groups is 4. The third-order valence-electron chi connectivity index (χ3n) is 6.13. The first kappa shape index (κ1) is 31.2. The van der Waals surface area contributed by atoms with Crippen molar-refractivity contribution in [3.05, 3.63) is 136 Å². The molecule has 0 saturated carbocycles. The minimum Gasteiger partial charge on any atom is -0.478 e. The van der Waals surface area contributed by atoms with Gasteiger partial charge in [0.1, 0.15) is 5.70 Å². The molecule has 0 aromatic heterocycles. The molecule has 0 aliphatic heterocycles. The fourth-order valence-electron chi connectivity index (χ4n) is 3.92. The number of carbonyl (C=O) groups excluding carboxylic acids is 3. The van der Waals surface area contributed by atoms with Crippen LogP contribution in [0.4, 0.5) is 17.1 Å². The molecule has 12 heteroatoms. The molecule has 1 unspecified atom stereocenters. The lowest BCUT2D eigenvalue weighted by Crippen LogP contribution is -2.30. The maximum absolute atomic E-state index is 13.3. The molecule has 0 saturated heterocycles. The summed E-state index contributed by atoms with van der Waals surface area (Å²) in [7, 11) is 0. The Bertz CT molecular complexity index is 1740. The number of nitro groups is 1. The first-order valence-electron chi connectivity index (χ1n) is 13.1. The Balaban J connectivity index is 1.46. The molecule has 3 amide bonds. The monoisotopic (exact) mass is 610 g/mol. The second-order valence-electron chi connectivity index (χ2n) is 9.31. The second kappa shape index (κ2) is 14.4. The van der Waals surface area contributed by atoms with Crippen LogP contribution in [0.15, 0.2) is 114 Å². The average Bonchev–Trinajstić information content (AvgIpc) is 3.02. The van der Waals surface area contributed by atoms with Crippen LogP contribution in [0.25, 0.3) is 6.08 Å². The Hall–Kier alpha value is -5.75. The molecule has 0 radical (unpaired) electrons. The predicted molar refractivity (Wildman–Crippen MR) is 167 cm³/mol. The highest BCUT2D eigenvalue weighted by Crippen LogP contribution is 2.26. The minimum atomic E-state index is -1.10. The fourth-order valence-corrected chi connectivity index (χ4v) is 4.79. The minimum absolute atomic E-state index is 0.0559. The highest BCUT2D eigenvalue weighted by Gasteiger charge is 2.19. The van der Waals surface area contributed by atoms with Crippen molar-refractivity contribution in [2.75, 3.05) is 10.6 Å². The zero-order valence-electron chi connectivity index (χ0n) is 23.2. The van der Waals surface area contributed by atoms with Crippen molar-refractivity contribution in [3.8, 4) is 0 Å². The zero-order valence-corrected chi connectivity index (χ0v) is 24.0. The van der Waals surface area contributed by atoms with Crippen molar-refractivity contribution in [2.45, 2.75) is 17.1 Å². The van der Waals surface area contributed by atoms with Gasteiger partial charge in [-0.3, -0.25) is 24.5 Å². The maximum Gasteiger partial charge on any atom is 0.335 e. The highest BCUT2D eigenvalue weighted by molar-refractivity contribution is 8.00. The van der Waals surface area contributed by atoms with E-state index in [0.29, 0.717) is 16.9 Å². The van der Waals surface area contributed by atoms with Crippen LogP contribution in [-0.4, -0.2) is 39.0 Å². The van der Waals surface area contributed by atoms with Gasteiger partial charge in [0.05, 0.1) is 21.3 Å². The Kier molecular flexibility index (Phi) is 10.2. The lowest BCUT2D eigenvalue weighted by molar-refractivity contribution is -0.385. The van der Waals surface area contributed by atoms with E-state index in [9.17, 15) is 29.3 Å². The molecule has 0 aliphatic rings.